The molecule has 5 atom stereocenters. The minimum Gasteiger partial charge on any atom is -0.480 e. The Labute approximate surface area is 347 Å². The number of esters is 2. The fourth-order valence-electron chi connectivity index (χ4n) is 5.00. The first-order chi connectivity index (χ1) is 27.9. The summed E-state index contributed by atoms with van der Waals surface area (Å²) in [4.78, 5) is 45.9. The number of nitrogens with two attached hydrogens (primary N) is 1. The number of ether oxygens (including phenoxy) is 2. The van der Waals surface area contributed by atoms with Crippen molar-refractivity contribution in [3.63, 3.8) is 0 Å². The molecule has 0 rings (SSSR count). The second-order valence-electron chi connectivity index (χ2n) is 13.8. The minimum atomic E-state index is -4.79. The monoisotopic (exact) mass is 837 g/mol. The van der Waals surface area contributed by atoms with Crippen molar-refractivity contribution in [1.29, 1.82) is 0 Å². The molecule has 0 saturated heterocycles. The van der Waals surface area contributed by atoms with Crippen LogP contribution < -0.4 is 5.73 Å². The maximum Gasteiger partial charge on any atom is 0.472 e. The number of carbonyl (C=O) groups is 3. The van der Waals surface area contributed by atoms with Crippen LogP contribution in [-0.4, -0.2) is 82.3 Å². The molecule has 0 amide bonds. The third-order valence-corrected chi connectivity index (χ3v) is 9.29. The third kappa shape index (κ3) is 36.9. The van der Waals surface area contributed by atoms with Crippen molar-refractivity contribution in [2.75, 3.05) is 19.8 Å². The molecule has 1 unspecified atom stereocenters. The van der Waals surface area contributed by atoms with E-state index in [4.69, 9.17) is 24.8 Å². The van der Waals surface area contributed by atoms with E-state index >= 15 is 0 Å². The van der Waals surface area contributed by atoms with Gasteiger partial charge >= 0.3 is 25.7 Å². The highest BCUT2D eigenvalue weighted by atomic mass is 31.2. The highest BCUT2D eigenvalue weighted by molar-refractivity contribution is 7.47. The molecule has 0 aliphatic carbocycles. The predicted molar refractivity (Wildman–Crippen MR) is 229 cm³/mol. The van der Waals surface area contributed by atoms with E-state index in [0.717, 1.165) is 77.0 Å². The Balaban J connectivity index is 4.68. The highest BCUT2D eigenvalue weighted by Crippen LogP contribution is 2.43. The molecule has 0 fully saturated rings. The number of carboxylic acid groups (broad SMARTS) is 1. The van der Waals surface area contributed by atoms with Gasteiger partial charge in [0.1, 0.15) is 12.6 Å². The molecule has 6 N–H and O–H groups in total. The number of aliphatic hydroxyl groups excluding tert-OH is 2. The summed E-state index contributed by atoms with van der Waals surface area (Å²) in [6, 6.07) is -1.57. The van der Waals surface area contributed by atoms with Crippen LogP contribution in [0.2, 0.25) is 0 Å². The van der Waals surface area contributed by atoms with Gasteiger partial charge in [-0.15, -0.1) is 0 Å². The standard InChI is InChI=1S/C44H72NO12P/c1-3-5-7-8-9-10-11-12-13-14-15-16-20-23-27-33-42(48)54-35-40(36-55-58(52,53)56-37-41(45)44(50)51)57-43(49)34-28-32-39(47)31-26-22-19-17-18-21-25-30-38(46)29-24-6-4-2/h5,7,9-10,12-13,18-19,21-22,25-26,30-31,38-41,46-47H,3-4,6,8,11,14-17,20,23-24,27-29,32-37,45H2,1-2H3,(H,50,51)(H,52,53)/b7-5-,10-9-,13-12-,21-18-,22-19-,30-25+,31-26+/t38-,39-,40-,41+/m1/s1. The largest absolute Gasteiger partial charge is 0.480 e. The summed E-state index contributed by atoms with van der Waals surface area (Å²) in [5.74, 6) is -2.67. The first-order valence-corrected chi connectivity index (χ1v) is 22.3. The van der Waals surface area contributed by atoms with Crippen LogP contribution in [0.5, 0.6) is 0 Å². The van der Waals surface area contributed by atoms with Gasteiger partial charge in [-0.2, -0.15) is 0 Å². The predicted octanol–water partition coefficient (Wildman–Crippen LogP) is 8.66. The van der Waals surface area contributed by atoms with Crippen molar-refractivity contribution < 1.29 is 57.7 Å². The second-order valence-corrected chi connectivity index (χ2v) is 15.2. The number of carbonyl (C=O) groups excluding carboxylic acids is 2. The summed E-state index contributed by atoms with van der Waals surface area (Å²) in [6.45, 7) is 2.31. The average Bonchev–Trinajstić information content (AvgIpc) is 3.18. The van der Waals surface area contributed by atoms with Crippen LogP contribution in [0.25, 0.3) is 0 Å². The number of hydrogen-bond donors (Lipinski definition) is 5. The molecule has 0 bridgehead atoms. The Hall–Kier alpha value is -3.42. The van der Waals surface area contributed by atoms with E-state index in [1.807, 2.05) is 24.3 Å². The SMILES string of the molecule is CC/C=C\C/C=C\C/C=C\CCCCCCCC(=O)OC[C@H](COP(=O)(O)OC[C@H](N)C(=O)O)OC(=O)CCC[C@H](O)/C=C/C=C\C/C=C\C=C\[C@H](O)CCCCC. The van der Waals surface area contributed by atoms with Crippen LogP contribution in [0.15, 0.2) is 85.1 Å². The molecule has 0 aliphatic heterocycles. The van der Waals surface area contributed by atoms with Gasteiger partial charge in [0.15, 0.2) is 6.10 Å². The lowest BCUT2D eigenvalue weighted by molar-refractivity contribution is -0.161. The van der Waals surface area contributed by atoms with Crippen molar-refractivity contribution >= 4 is 25.7 Å². The first kappa shape index (κ1) is 54.6. The Morgan fingerprint density at radius 2 is 1.19 bits per heavy atom. The Morgan fingerprint density at radius 1 is 0.638 bits per heavy atom. The average molecular weight is 838 g/mol. The van der Waals surface area contributed by atoms with Crippen LogP contribution >= 0.6 is 7.82 Å². The summed E-state index contributed by atoms with van der Waals surface area (Å²) in [5.41, 5.74) is 5.31. The van der Waals surface area contributed by atoms with Crippen molar-refractivity contribution in [3.8, 4) is 0 Å². The molecule has 0 aromatic rings. The van der Waals surface area contributed by atoms with Crippen LogP contribution in [0.4, 0.5) is 0 Å². The number of hydrogen-bond acceptors (Lipinski definition) is 11. The molecule has 0 spiro atoms. The minimum absolute atomic E-state index is 0.0959. The number of phosphoric acid groups is 1. The Bertz CT molecular complexity index is 1340. The molecule has 0 radical (unpaired) electrons. The fourth-order valence-corrected chi connectivity index (χ4v) is 5.78. The zero-order valence-corrected chi connectivity index (χ0v) is 35.7. The zero-order chi connectivity index (χ0) is 43.1. The molecule has 58 heavy (non-hydrogen) atoms. The normalized spacial score (nSPS) is 15.7. The van der Waals surface area contributed by atoms with Crippen molar-refractivity contribution in [1.82, 2.24) is 0 Å². The number of aliphatic carboxylic acids is 1. The van der Waals surface area contributed by atoms with Gasteiger partial charge in [0, 0.05) is 12.8 Å². The van der Waals surface area contributed by atoms with E-state index in [-0.39, 0.29) is 25.7 Å². The maximum atomic E-state index is 12.6. The summed E-state index contributed by atoms with van der Waals surface area (Å²) in [7, 11) is -4.79. The maximum absolute atomic E-state index is 12.6. The van der Waals surface area contributed by atoms with Gasteiger partial charge in [-0.05, 0) is 64.2 Å². The summed E-state index contributed by atoms with van der Waals surface area (Å²) >= 11 is 0. The summed E-state index contributed by atoms with van der Waals surface area (Å²) in [6.07, 6.45) is 38.6. The lowest BCUT2D eigenvalue weighted by Gasteiger charge is -2.20. The van der Waals surface area contributed by atoms with Gasteiger partial charge < -0.3 is 35.4 Å². The van der Waals surface area contributed by atoms with Crippen LogP contribution in [0.3, 0.4) is 0 Å². The third-order valence-electron chi connectivity index (χ3n) is 8.34. The van der Waals surface area contributed by atoms with E-state index in [9.17, 15) is 34.1 Å². The van der Waals surface area contributed by atoms with Crippen molar-refractivity contribution in [2.45, 2.75) is 154 Å². The van der Waals surface area contributed by atoms with Gasteiger partial charge in [0.2, 0.25) is 0 Å². The van der Waals surface area contributed by atoms with E-state index in [1.54, 1.807) is 24.3 Å². The smallest absolute Gasteiger partial charge is 0.472 e. The fraction of sp³-hybridized carbons (Fsp3) is 0.614. The van der Waals surface area contributed by atoms with E-state index in [1.165, 1.54) is 0 Å². The van der Waals surface area contributed by atoms with Gasteiger partial charge in [-0.3, -0.25) is 23.4 Å². The summed E-state index contributed by atoms with van der Waals surface area (Å²) < 4.78 is 32.4. The molecule has 0 heterocycles. The van der Waals surface area contributed by atoms with Crippen molar-refractivity contribution in [2.24, 2.45) is 5.73 Å². The molecule has 0 aromatic carbocycles. The van der Waals surface area contributed by atoms with E-state index in [0.29, 0.717) is 12.8 Å². The van der Waals surface area contributed by atoms with Crippen molar-refractivity contribution in [3.05, 3.63) is 85.1 Å². The molecule has 0 aromatic heterocycles. The number of phosphoric ester groups is 1. The molecule has 330 valence electrons. The topological polar surface area (TPSA) is 212 Å². The van der Waals surface area contributed by atoms with Crippen LogP contribution in [0, 0.1) is 0 Å². The lowest BCUT2D eigenvalue weighted by atomic mass is 10.1. The lowest BCUT2D eigenvalue weighted by Crippen LogP contribution is -2.34. The van der Waals surface area contributed by atoms with Gasteiger partial charge in [0.05, 0.1) is 25.4 Å². The first-order valence-electron chi connectivity index (χ1n) is 20.8. The quantitative estimate of drug-likeness (QED) is 0.0130. The Kier molecular flexibility index (Phi) is 35.6. The number of aliphatic hydroxyl groups is 2. The summed E-state index contributed by atoms with van der Waals surface area (Å²) in [5, 5.41) is 29.0. The van der Waals surface area contributed by atoms with Crippen LogP contribution in [0.1, 0.15) is 129 Å². The molecule has 0 saturated carbocycles. The van der Waals surface area contributed by atoms with Gasteiger partial charge in [-0.25, -0.2) is 4.57 Å². The highest BCUT2D eigenvalue weighted by Gasteiger charge is 2.28. The number of unbranched alkanes of at least 4 members (excludes halogenated alkanes) is 7. The van der Waals surface area contributed by atoms with Crippen LogP contribution in [-0.2, 0) is 37.5 Å². The molecule has 13 nitrogen and oxygen atoms in total. The van der Waals surface area contributed by atoms with E-state index < -0.39 is 69.9 Å². The Morgan fingerprint density at radius 3 is 1.83 bits per heavy atom. The number of allylic oxidation sites excluding steroid dienone is 12. The zero-order valence-electron chi connectivity index (χ0n) is 34.8. The van der Waals surface area contributed by atoms with Gasteiger partial charge in [-0.1, -0.05) is 137 Å². The molecule has 0 aliphatic rings. The molecular weight excluding hydrogens is 765 g/mol. The number of rotatable bonds is 37. The number of carboxylic acids is 1. The van der Waals surface area contributed by atoms with E-state index in [2.05, 4.69) is 54.8 Å². The second kappa shape index (κ2) is 37.8. The van der Waals surface area contributed by atoms with Gasteiger partial charge in [0.25, 0.3) is 0 Å². The molecular formula is C44H72NO12P. The molecule has 14 heteroatoms.